The third-order valence-corrected chi connectivity index (χ3v) is 3.91. The molecule has 2 heterocycles. The lowest BCUT2D eigenvalue weighted by Crippen LogP contribution is -2.54. The van der Waals surface area contributed by atoms with Gasteiger partial charge in [0.1, 0.15) is 6.04 Å². The molecule has 6 nitrogen and oxygen atoms in total. The molecule has 0 radical (unpaired) electrons. The van der Waals surface area contributed by atoms with Crippen LogP contribution in [0.15, 0.2) is 0 Å². The Hall–Kier alpha value is -1.30. The summed E-state index contributed by atoms with van der Waals surface area (Å²) in [5.74, 6) is -0.00865. The zero-order valence-corrected chi connectivity index (χ0v) is 10.8. The van der Waals surface area contributed by atoms with E-state index in [1.807, 2.05) is 4.90 Å². The Kier molecular flexibility index (Phi) is 4.06. The van der Waals surface area contributed by atoms with Gasteiger partial charge in [-0.25, -0.2) is 4.79 Å². The maximum atomic E-state index is 12.3. The highest BCUT2D eigenvalue weighted by Crippen LogP contribution is 2.20. The molecule has 102 valence electrons. The number of carboxylic acid groups (broad SMARTS) is 1. The zero-order chi connectivity index (χ0) is 13.1. The van der Waals surface area contributed by atoms with Gasteiger partial charge in [-0.3, -0.25) is 9.69 Å². The van der Waals surface area contributed by atoms with Gasteiger partial charge in [-0.05, 0) is 19.4 Å². The van der Waals surface area contributed by atoms with Gasteiger partial charge in [0, 0.05) is 32.7 Å². The van der Waals surface area contributed by atoms with Crippen LogP contribution >= 0.6 is 0 Å². The van der Waals surface area contributed by atoms with E-state index in [2.05, 4.69) is 11.8 Å². The Morgan fingerprint density at radius 1 is 1.17 bits per heavy atom. The lowest BCUT2D eigenvalue weighted by atomic mass is 10.1. The normalized spacial score (nSPS) is 25.5. The highest BCUT2D eigenvalue weighted by atomic mass is 16.4. The number of piperazine rings is 1. The fourth-order valence-corrected chi connectivity index (χ4v) is 2.75. The molecule has 18 heavy (non-hydrogen) atoms. The number of nitrogens with zero attached hydrogens (tertiary/aromatic N) is 3. The van der Waals surface area contributed by atoms with Crippen LogP contribution in [0.3, 0.4) is 0 Å². The lowest BCUT2D eigenvalue weighted by molar-refractivity contribution is -0.137. The van der Waals surface area contributed by atoms with Gasteiger partial charge in [0.05, 0.1) is 0 Å². The second kappa shape index (κ2) is 5.56. The van der Waals surface area contributed by atoms with Crippen LogP contribution in [0.25, 0.3) is 0 Å². The van der Waals surface area contributed by atoms with Crippen molar-refractivity contribution in [2.45, 2.75) is 25.8 Å². The summed E-state index contributed by atoms with van der Waals surface area (Å²) < 4.78 is 0. The van der Waals surface area contributed by atoms with Crippen molar-refractivity contribution in [3.05, 3.63) is 0 Å². The molecule has 1 N–H and O–H groups in total. The van der Waals surface area contributed by atoms with E-state index in [4.69, 9.17) is 5.11 Å². The van der Waals surface area contributed by atoms with Crippen LogP contribution in [0.4, 0.5) is 4.79 Å². The molecule has 0 spiro atoms. The molecular formula is C12H21N3O3. The number of carbonyl (C=O) groups excluding carboxylic acids is 1. The van der Waals surface area contributed by atoms with Crippen molar-refractivity contribution in [2.24, 2.45) is 0 Å². The maximum Gasteiger partial charge on any atom is 0.407 e. The van der Waals surface area contributed by atoms with E-state index in [1.165, 1.54) is 4.90 Å². The summed E-state index contributed by atoms with van der Waals surface area (Å²) in [7, 11) is 0. The number of carbonyl (C=O) groups is 2. The molecule has 0 aromatic heterocycles. The van der Waals surface area contributed by atoms with E-state index in [9.17, 15) is 9.59 Å². The molecule has 1 atom stereocenters. The average molecular weight is 255 g/mol. The van der Waals surface area contributed by atoms with Crippen LogP contribution in [-0.2, 0) is 4.79 Å². The van der Waals surface area contributed by atoms with Crippen LogP contribution in [0, 0.1) is 0 Å². The minimum atomic E-state index is -0.974. The summed E-state index contributed by atoms with van der Waals surface area (Å²) in [6.07, 6.45) is 0.481. The fraction of sp³-hybridized carbons (Fsp3) is 0.833. The Labute approximate surface area is 107 Å². The number of hydrogen-bond donors (Lipinski definition) is 1. The first kappa shape index (κ1) is 13.1. The Morgan fingerprint density at radius 3 is 2.39 bits per heavy atom. The van der Waals surface area contributed by atoms with E-state index in [0.717, 1.165) is 39.1 Å². The van der Waals surface area contributed by atoms with E-state index in [1.54, 1.807) is 0 Å². The minimum Gasteiger partial charge on any atom is -0.465 e. The Morgan fingerprint density at radius 2 is 1.83 bits per heavy atom. The smallest absolute Gasteiger partial charge is 0.407 e. The maximum absolute atomic E-state index is 12.3. The third kappa shape index (κ3) is 2.58. The van der Waals surface area contributed by atoms with Gasteiger partial charge in [0.15, 0.2) is 0 Å². The van der Waals surface area contributed by atoms with Crippen molar-refractivity contribution in [1.29, 1.82) is 0 Å². The number of rotatable bonds is 2. The SMILES string of the molecule is CCN1CCN(C(=O)C2CCCN2C(=O)O)CC1. The minimum absolute atomic E-state index is 0.00865. The third-order valence-electron chi connectivity index (χ3n) is 3.91. The standard InChI is InChI=1S/C12H21N3O3/c1-2-13-6-8-14(9-7-13)11(16)10-4-3-5-15(10)12(17)18/h10H,2-9H2,1H3,(H,17,18). The fourth-order valence-electron chi connectivity index (χ4n) is 2.75. The topological polar surface area (TPSA) is 64.1 Å². The van der Waals surface area contributed by atoms with E-state index >= 15 is 0 Å². The molecular weight excluding hydrogens is 234 g/mol. The molecule has 2 saturated heterocycles. The molecule has 1 unspecified atom stereocenters. The predicted octanol–water partition coefficient (Wildman–Crippen LogP) is 0.293. The molecule has 0 aromatic rings. The molecule has 0 aromatic carbocycles. The molecule has 2 amide bonds. The van der Waals surface area contributed by atoms with Gasteiger partial charge in [0.25, 0.3) is 0 Å². The number of likely N-dealkylation sites (N-methyl/N-ethyl adjacent to an activating group) is 1. The molecule has 2 aliphatic heterocycles. The number of likely N-dealkylation sites (tertiary alicyclic amines) is 1. The molecule has 6 heteroatoms. The molecule has 0 bridgehead atoms. The molecule has 0 aliphatic carbocycles. The first-order chi connectivity index (χ1) is 8.63. The van der Waals surface area contributed by atoms with Gasteiger partial charge < -0.3 is 14.9 Å². The van der Waals surface area contributed by atoms with Gasteiger partial charge in [-0.2, -0.15) is 0 Å². The van der Waals surface area contributed by atoms with E-state index < -0.39 is 12.1 Å². The molecule has 2 fully saturated rings. The largest absolute Gasteiger partial charge is 0.465 e. The van der Waals surface area contributed by atoms with Crippen molar-refractivity contribution < 1.29 is 14.7 Å². The van der Waals surface area contributed by atoms with Crippen LogP contribution in [0.1, 0.15) is 19.8 Å². The zero-order valence-electron chi connectivity index (χ0n) is 10.8. The highest BCUT2D eigenvalue weighted by molar-refractivity contribution is 5.86. The quantitative estimate of drug-likeness (QED) is 0.770. The van der Waals surface area contributed by atoms with E-state index in [-0.39, 0.29) is 5.91 Å². The van der Waals surface area contributed by atoms with Crippen molar-refractivity contribution in [2.75, 3.05) is 39.3 Å². The van der Waals surface area contributed by atoms with Crippen LogP contribution in [0.2, 0.25) is 0 Å². The summed E-state index contributed by atoms with van der Waals surface area (Å²) in [6.45, 7) is 6.82. The van der Waals surface area contributed by atoms with Crippen molar-refractivity contribution in [3.63, 3.8) is 0 Å². The monoisotopic (exact) mass is 255 g/mol. The first-order valence-corrected chi connectivity index (χ1v) is 6.64. The second-order valence-electron chi connectivity index (χ2n) is 4.89. The highest BCUT2D eigenvalue weighted by Gasteiger charge is 2.37. The number of amides is 2. The Balaban J connectivity index is 1.93. The summed E-state index contributed by atoms with van der Waals surface area (Å²) >= 11 is 0. The van der Waals surface area contributed by atoms with Crippen molar-refractivity contribution in [3.8, 4) is 0 Å². The number of hydrogen-bond acceptors (Lipinski definition) is 3. The van der Waals surface area contributed by atoms with Crippen molar-refractivity contribution in [1.82, 2.24) is 14.7 Å². The average Bonchev–Trinajstić information content (AvgIpc) is 2.87. The summed E-state index contributed by atoms with van der Waals surface area (Å²) in [4.78, 5) is 28.8. The van der Waals surface area contributed by atoms with Gasteiger partial charge in [-0.1, -0.05) is 6.92 Å². The first-order valence-electron chi connectivity index (χ1n) is 6.64. The predicted molar refractivity (Wildman–Crippen MR) is 66.4 cm³/mol. The summed E-state index contributed by atoms with van der Waals surface area (Å²) in [6, 6.07) is -0.448. The Bertz CT molecular complexity index is 327. The molecule has 0 saturated carbocycles. The summed E-state index contributed by atoms with van der Waals surface area (Å²) in [5, 5.41) is 9.06. The molecule has 2 rings (SSSR count). The lowest BCUT2D eigenvalue weighted by Gasteiger charge is -2.36. The van der Waals surface area contributed by atoms with Crippen LogP contribution in [-0.4, -0.2) is 77.1 Å². The second-order valence-corrected chi connectivity index (χ2v) is 4.89. The van der Waals surface area contributed by atoms with Crippen LogP contribution in [0.5, 0.6) is 0 Å². The van der Waals surface area contributed by atoms with Gasteiger partial charge >= 0.3 is 6.09 Å². The summed E-state index contributed by atoms with van der Waals surface area (Å²) in [5.41, 5.74) is 0. The van der Waals surface area contributed by atoms with E-state index in [0.29, 0.717) is 13.0 Å². The molecule has 2 aliphatic rings. The van der Waals surface area contributed by atoms with Gasteiger partial charge in [0.2, 0.25) is 5.91 Å². The van der Waals surface area contributed by atoms with Crippen LogP contribution < -0.4 is 0 Å². The van der Waals surface area contributed by atoms with Gasteiger partial charge in [-0.15, -0.1) is 0 Å². The van der Waals surface area contributed by atoms with Crippen molar-refractivity contribution >= 4 is 12.0 Å².